The number of ether oxygens (including phenoxy) is 1. The van der Waals surface area contributed by atoms with Gasteiger partial charge in [0, 0.05) is 13.1 Å². The number of amides is 2. The van der Waals surface area contributed by atoms with Crippen LogP contribution < -0.4 is 10.1 Å². The van der Waals surface area contributed by atoms with Gasteiger partial charge in [0.15, 0.2) is 6.61 Å². The molecule has 1 N–H and O–H groups in total. The van der Waals surface area contributed by atoms with E-state index in [9.17, 15) is 9.59 Å². The van der Waals surface area contributed by atoms with E-state index in [4.69, 9.17) is 10.00 Å². The molecule has 0 radical (unpaired) electrons. The van der Waals surface area contributed by atoms with Crippen LogP contribution in [0, 0.1) is 11.3 Å². The minimum absolute atomic E-state index is 0.146. The number of hydrogen-bond acceptors (Lipinski definition) is 4. The number of nitriles is 1. The average Bonchev–Trinajstić information content (AvgIpc) is 2.66. The first kappa shape index (κ1) is 16.5. The molecular weight excluding hydrogens is 318 g/mol. The van der Waals surface area contributed by atoms with Crippen LogP contribution in [0.2, 0.25) is 0 Å². The van der Waals surface area contributed by atoms with Gasteiger partial charge in [-0.3, -0.25) is 9.59 Å². The zero-order valence-electron chi connectivity index (χ0n) is 13.5. The van der Waals surface area contributed by atoms with Gasteiger partial charge in [0.05, 0.1) is 5.56 Å². The van der Waals surface area contributed by atoms with Crippen molar-refractivity contribution in [2.45, 2.75) is 6.04 Å². The van der Waals surface area contributed by atoms with Crippen LogP contribution in [0.5, 0.6) is 5.75 Å². The summed E-state index contributed by atoms with van der Waals surface area (Å²) in [6.45, 7) is 0.652. The maximum atomic E-state index is 13.1. The Bertz CT molecular complexity index is 814. The van der Waals surface area contributed by atoms with Crippen molar-refractivity contribution in [2.75, 3.05) is 19.7 Å². The van der Waals surface area contributed by atoms with E-state index in [2.05, 4.69) is 5.32 Å². The lowest BCUT2D eigenvalue weighted by molar-refractivity contribution is -0.128. The molecule has 1 saturated heterocycles. The number of hydrogen-bond donors (Lipinski definition) is 1. The normalized spacial score (nSPS) is 16.7. The quantitative estimate of drug-likeness (QED) is 0.925. The summed E-state index contributed by atoms with van der Waals surface area (Å²) >= 11 is 0. The Hall–Kier alpha value is -3.33. The fourth-order valence-electron chi connectivity index (χ4n) is 2.89. The SMILES string of the molecule is N#CCOc1ccccc1C(=O)N1CCNC(=O)C1c1ccccc1. The smallest absolute Gasteiger partial charge is 0.258 e. The Labute approximate surface area is 145 Å². The molecule has 0 spiro atoms. The van der Waals surface area contributed by atoms with E-state index < -0.39 is 6.04 Å². The van der Waals surface area contributed by atoms with Gasteiger partial charge >= 0.3 is 0 Å². The Morgan fingerprint density at radius 1 is 1.20 bits per heavy atom. The summed E-state index contributed by atoms with van der Waals surface area (Å²) in [5.74, 6) is -0.162. The number of benzene rings is 2. The predicted molar refractivity (Wildman–Crippen MR) is 90.8 cm³/mol. The van der Waals surface area contributed by atoms with E-state index in [1.807, 2.05) is 36.4 Å². The molecule has 1 unspecified atom stereocenters. The maximum absolute atomic E-state index is 13.1. The summed E-state index contributed by atoms with van der Waals surface area (Å²) in [4.78, 5) is 27.1. The molecule has 0 bridgehead atoms. The maximum Gasteiger partial charge on any atom is 0.258 e. The molecule has 1 aliphatic heterocycles. The highest BCUT2D eigenvalue weighted by Gasteiger charge is 2.35. The fraction of sp³-hybridized carbons (Fsp3) is 0.211. The Morgan fingerprint density at radius 2 is 1.92 bits per heavy atom. The van der Waals surface area contributed by atoms with Gasteiger partial charge in [0.1, 0.15) is 17.9 Å². The van der Waals surface area contributed by atoms with Crippen LogP contribution in [-0.4, -0.2) is 36.4 Å². The number of nitrogens with one attached hydrogen (secondary N) is 1. The second kappa shape index (κ2) is 7.49. The molecule has 2 amide bonds. The second-order valence-electron chi connectivity index (χ2n) is 5.55. The first-order valence-corrected chi connectivity index (χ1v) is 7.95. The summed E-state index contributed by atoms with van der Waals surface area (Å²) in [7, 11) is 0. The van der Waals surface area contributed by atoms with Crippen molar-refractivity contribution in [3.8, 4) is 11.8 Å². The van der Waals surface area contributed by atoms with Crippen LogP contribution in [-0.2, 0) is 4.79 Å². The van der Waals surface area contributed by atoms with Crippen molar-refractivity contribution in [1.29, 1.82) is 5.26 Å². The van der Waals surface area contributed by atoms with E-state index in [1.54, 1.807) is 29.2 Å². The summed E-state index contributed by atoms with van der Waals surface area (Å²) < 4.78 is 5.36. The van der Waals surface area contributed by atoms with Crippen molar-refractivity contribution in [1.82, 2.24) is 10.2 Å². The van der Waals surface area contributed by atoms with Crippen molar-refractivity contribution in [3.05, 3.63) is 65.7 Å². The van der Waals surface area contributed by atoms with Gasteiger partial charge in [-0.15, -0.1) is 0 Å². The zero-order valence-corrected chi connectivity index (χ0v) is 13.5. The predicted octanol–water partition coefficient (Wildman–Crippen LogP) is 1.90. The molecule has 1 atom stereocenters. The number of rotatable bonds is 4. The largest absolute Gasteiger partial charge is 0.478 e. The van der Waals surface area contributed by atoms with Crippen LogP contribution in [0.3, 0.4) is 0 Å². The number of carbonyl (C=O) groups excluding carboxylic acids is 2. The number of carbonyl (C=O) groups is 2. The lowest BCUT2D eigenvalue weighted by Crippen LogP contribution is -2.52. The van der Waals surface area contributed by atoms with Gasteiger partial charge in [-0.05, 0) is 17.7 Å². The minimum atomic E-state index is -0.688. The molecule has 6 heteroatoms. The summed E-state index contributed by atoms with van der Waals surface area (Å²) in [6.07, 6.45) is 0. The lowest BCUT2D eigenvalue weighted by Gasteiger charge is -2.35. The highest BCUT2D eigenvalue weighted by atomic mass is 16.5. The zero-order chi connectivity index (χ0) is 17.6. The standard InChI is InChI=1S/C19H17N3O3/c20-10-13-25-16-9-5-4-8-15(16)19(24)22-12-11-21-18(23)17(22)14-6-2-1-3-7-14/h1-9,17H,11-13H2,(H,21,23). The highest BCUT2D eigenvalue weighted by molar-refractivity contribution is 6.00. The summed E-state index contributed by atoms with van der Waals surface area (Å²) in [5.41, 5.74) is 1.09. The van der Waals surface area contributed by atoms with Gasteiger partial charge in [-0.25, -0.2) is 0 Å². The van der Waals surface area contributed by atoms with Crippen LogP contribution in [0.1, 0.15) is 22.0 Å². The molecule has 0 saturated carbocycles. The van der Waals surface area contributed by atoms with E-state index >= 15 is 0 Å². The van der Waals surface area contributed by atoms with Crippen molar-refractivity contribution >= 4 is 11.8 Å². The van der Waals surface area contributed by atoms with E-state index in [0.717, 1.165) is 5.56 Å². The molecule has 126 valence electrons. The third kappa shape index (κ3) is 3.45. The topological polar surface area (TPSA) is 82.4 Å². The van der Waals surface area contributed by atoms with Gasteiger partial charge < -0.3 is 15.0 Å². The van der Waals surface area contributed by atoms with Gasteiger partial charge in [-0.2, -0.15) is 5.26 Å². The van der Waals surface area contributed by atoms with Crippen LogP contribution in [0.4, 0.5) is 0 Å². The summed E-state index contributed by atoms with van der Waals surface area (Å²) in [5, 5.41) is 11.5. The van der Waals surface area contributed by atoms with Gasteiger partial charge in [0.25, 0.3) is 5.91 Å². The number of nitrogens with zero attached hydrogens (tertiary/aromatic N) is 2. The van der Waals surface area contributed by atoms with Crippen molar-refractivity contribution in [2.24, 2.45) is 0 Å². The number of piperazine rings is 1. The minimum Gasteiger partial charge on any atom is -0.478 e. The van der Waals surface area contributed by atoms with E-state index in [1.165, 1.54) is 0 Å². The monoisotopic (exact) mass is 335 g/mol. The Morgan fingerprint density at radius 3 is 2.68 bits per heavy atom. The van der Waals surface area contributed by atoms with Gasteiger partial charge in [0.2, 0.25) is 5.91 Å². The van der Waals surface area contributed by atoms with Gasteiger partial charge in [-0.1, -0.05) is 42.5 Å². The Kier molecular flexibility index (Phi) is 4.95. The fourth-order valence-corrected chi connectivity index (χ4v) is 2.89. The molecule has 1 heterocycles. The highest BCUT2D eigenvalue weighted by Crippen LogP contribution is 2.28. The van der Waals surface area contributed by atoms with Crippen LogP contribution >= 0.6 is 0 Å². The molecular formula is C19H17N3O3. The first-order chi connectivity index (χ1) is 12.2. The molecule has 2 aromatic carbocycles. The van der Waals surface area contributed by atoms with Crippen molar-refractivity contribution in [3.63, 3.8) is 0 Å². The summed E-state index contributed by atoms with van der Waals surface area (Å²) in [6, 6.07) is 17.2. The molecule has 0 aromatic heterocycles. The molecule has 3 rings (SSSR count). The van der Waals surface area contributed by atoms with E-state index in [0.29, 0.717) is 24.4 Å². The third-order valence-corrected chi connectivity index (χ3v) is 4.00. The van der Waals surface area contributed by atoms with Crippen LogP contribution in [0.25, 0.3) is 0 Å². The molecule has 25 heavy (non-hydrogen) atoms. The third-order valence-electron chi connectivity index (χ3n) is 4.00. The van der Waals surface area contributed by atoms with Crippen LogP contribution in [0.15, 0.2) is 54.6 Å². The molecule has 0 aliphatic carbocycles. The molecule has 1 aliphatic rings. The Balaban J connectivity index is 1.95. The lowest BCUT2D eigenvalue weighted by atomic mass is 10.0. The average molecular weight is 335 g/mol. The molecule has 1 fully saturated rings. The molecule has 6 nitrogen and oxygen atoms in total. The van der Waals surface area contributed by atoms with Crippen molar-refractivity contribution < 1.29 is 14.3 Å². The first-order valence-electron chi connectivity index (χ1n) is 7.95. The molecule has 2 aromatic rings. The van der Waals surface area contributed by atoms with E-state index in [-0.39, 0.29) is 18.4 Å². The number of para-hydroxylation sites is 1. The second-order valence-corrected chi connectivity index (χ2v) is 5.55.